The molecule has 138 valence electrons. The SMILES string of the molecule is Cc1ncc2c(n1)CCN(Cc1coc3c([N+](=O)[O-])cc(F)cc3c1=O)C2. The fourth-order valence-electron chi connectivity index (χ4n) is 3.32. The van der Waals surface area contributed by atoms with E-state index in [1.165, 1.54) is 6.26 Å². The Bertz CT molecular complexity index is 1130. The van der Waals surface area contributed by atoms with E-state index < -0.39 is 21.9 Å². The number of rotatable bonds is 3. The van der Waals surface area contributed by atoms with Crippen molar-refractivity contribution >= 4 is 16.7 Å². The van der Waals surface area contributed by atoms with Gasteiger partial charge in [0.2, 0.25) is 5.58 Å². The highest BCUT2D eigenvalue weighted by atomic mass is 19.1. The van der Waals surface area contributed by atoms with E-state index in [1.807, 2.05) is 11.8 Å². The maximum Gasteiger partial charge on any atom is 0.315 e. The van der Waals surface area contributed by atoms with Gasteiger partial charge < -0.3 is 4.42 Å². The predicted octanol–water partition coefficient (Wildman–Crippen LogP) is 2.50. The van der Waals surface area contributed by atoms with Crippen molar-refractivity contribution in [3.63, 3.8) is 0 Å². The number of hydrogen-bond donors (Lipinski definition) is 0. The Morgan fingerprint density at radius 2 is 2.22 bits per heavy atom. The lowest BCUT2D eigenvalue weighted by molar-refractivity contribution is -0.383. The van der Waals surface area contributed by atoms with Crippen molar-refractivity contribution in [2.45, 2.75) is 26.4 Å². The Morgan fingerprint density at radius 3 is 3.00 bits per heavy atom. The molecule has 0 aliphatic carbocycles. The minimum atomic E-state index is -0.849. The lowest BCUT2D eigenvalue weighted by Crippen LogP contribution is -2.32. The van der Waals surface area contributed by atoms with E-state index in [2.05, 4.69) is 9.97 Å². The van der Waals surface area contributed by atoms with Gasteiger partial charge in [-0.15, -0.1) is 0 Å². The standard InChI is InChI=1S/C18H15FN4O4/c1-10-20-6-11-7-22(3-2-15(11)21-10)8-12-9-27-18-14(17(12)24)4-13(19)5-16(18)23(25)26/h4-6,9H,2-3,7-8H2,1H3. The normalized spacial score (nSPS) is 14.3. The number of benzene rings is 1. The number of fused-ring (bicyclic) bond motifs is 2. The van der Waals surface area contributed by atoms with Gasteiger partial charge in [0.25, 0.3) is 0 Å². The van der Waals surface area contributed by atoms with Gasteiger partial charge in [-0.25, -0.2) is 14.4 Å². The van der Waals surface area contributed by atoms with Gasteiger partial charge in [0.05, 0.1) is 22.6 Å². The summed E-state index contributed by atoms with van der Waals surface area (Å²) in [5.74, 6) is -0.126. The van der Waals surface area contributed by atoms with E-state index >= 15 is 0 Å². The highest BCUT2D eigenvalue weighted by molar-refractivity contribution is 5.85. The van der Waals surface area contributed by atoms with E-state index in [9.17, 15) is 19.3 Å². The Morgan fingerprint density at radius 1 is 1.41 bits per heavy atom. The lowest BCUT2D eigenvalue weighted by atomic mass is 10.1. The Hall–Kier alpha value is -3.20. The third-order valence-corrected chi connectivity index (χ3v) is 4.61. The van der Waals surface area contributed by atoms with Gasteiger partial charge >= 0.3 is 5.69 Å². The van der Waals surface area contributed by atoms with Crippen LogP contribution in [0.2, 0.25) is 0 Å². The van der Waals surface area contributed by atoms with E-state index in [4.69, 9.17) is 4.42 Å². The highest BCUT2D eigenvalue weighted by Crippen LogP contribution is 2.26. The Labute approximate surface area is 152 Å². The van der Waals surface area contributed by atoms with Gasteiger partial charge in [0.1, 0.15) is 11.6 Å². The predicted molar refractivity (Wildman–Crippen MR) is 93.7 cm³/mol. The topological polar surface area (TPSA) is 102 Å². The number of aryl methyl sites for hydroxylation is 1. The highest BCUT2D eigenvalue weighted by Gasteiger charge is 2.22. The second-order valence-corrected chi connectivity index (χ2v) is 6.50. The summed E-state index contributed by atoms with van der Waals surface area (Å²) in [6.45, 7) is 3.40. The molecule has 0 bridgehead atoms. The second-order valence-electron chi connectivity index (χ2n) is 6.50. The largest absolute Gasteiger partial charge is 0.456 e. The summed E-state index contributed by atoms with van der Waals surface area (Å²) in [4.78, 5) is 33.7. The van der Waals surface area contributed by atoms with E-state index in [1.54, 1.807) is 6.20 Å². The zero-order valence-electron chi connectivity index (χ0n) is 14.4. The molecule has 1 aliphatic rings. The van der Waals surface area contributed by atoms with Crippen LogP contribution in [0.5, 0.6) is 0 Å². The minimum Gasteiger partial charge on any atom is -0.456 e. The third kappa shape index (κ3) is 3.17. The quantitative estimate of drug-likeness (QED) is 0.515. The molecule has 2 aromatic heterocycles. The van der Waals surface area contributed by atoms with Crippen LogP contribution in [0.15, 0.2) is 33.8 Å². The van der Waals surface area contributed by atoms with Crippen LogP contribution in [0.4, 0.5) is 10.1 Å². The number of nitrogens with zero attached hydrogens (tertiary/aromatic N) is 4. The Kier molecular flexibility index (Phi) is 4.15. The average Bonchev–Trinajstić information content (AvgIpc) is 2.64. The minimum absolute atomic E-state index is 0.129. The molecule has 0 saturated heterocycles. The van der Waals surface area contributed by atoms with E-state index in [0.717, 1.165) is 35.6 Å². The maximum atomic E-state index is 13.7. The molecule has 0 spiro atoms. The van der Waals surface area contributed by atoms with Crippen molar-refractivity contribution in [3.05, 3.63) is 73.4 Å². The summed E-state index contributed by atoms with van der Waals surface area (Å²) in [5.41, 5.74) is 1.07. The third-order valence-electron chi connectivity index (χ3n) is 4.61. The molecule has 0 N–H and O–H groups in total. The number of aromatic nitrogens is 2. The van der Waals surface area contributed by atoms with Crippen molar-refractivity contribution in [1.29, 1.82) is 0 Å². The molecule has 0 atom stereocenters. The average molecular weight is 370 g/mol. The Balaban J connectivity index is 1.67. The molecule has 3 heterocycles. The molecule has 0 saturated carbocycles. The number of nitro groups is 1. The monoisotopic (exact) mass is 370 g/mol. The van der Waals surface area contributed by atoms with Crippen molar-refractivity contribution < 1.29 is 13.7 Å². The molecule has 4 rings (SSSR count). The molecular weight excluding hydrogens is 355 g/mol. The van der Waals surface area contributed by atoms with Gasteiger partial charge in [0.15, 0.2) is 5.43 Å². The second kappa shape index (κ2) is 6.51. The van der Waals surface area contributed by atoms with Crippen LogP contribution < -0.4 is 5.43 Å². The first-order chi connectivity index (χ1) is 12.9. The first-order valence-corrected chi connectivity index (χ1v) is 8.34. The molecule has 8 nitrogen and oxygen atoms in total. The van der Waals surface area contributed by atoms with Gasteiger partial charge in [-0.1, -0.05) is 0 Å². The van der Waals surface area contributed by atoms with Crippen LogP contribution in [-0.4, -0.2) is 26.3 Å². The van der Waals surface area contributed by atoms with Crippen molar-refractivity contribution in [2.24, 2.45) is 0 Å². The fraction of sp³-hybridized carbons (Fsp3) is 0.278. The summed E-state index contributed by atoms with van der Waals surface area (Å²) < 4.78 is 19.1. The van der Waals surface area contributed by atoms with Gasteiger partial charge in [0, 0.05) is 49.1 Å². The van der Waals surface area contributed by atoms with Crippen molar-refractivity contribution in [1.82, 2.24) is 14.9 Å². The van der Waals surface area contributed by atoms with E-state index in [-0.39, 0.29) is 17.5 Å². The number of non-ortho nitro benzene ring substituents is 1. The summed E-state index contributed by atoms with van der Waals surface area (Å²) in [6, 6.07) is 1.72. The summed E-state index contributed by atoms with van der Waals surface area (Å²) in [5, 5.41) is 10.9. The van der Waals surface area contributed by atoms with Crippen LogP contribution >= 0.6 is 0 Å². The smallest absolute Gasteiger partial charge is 0.315 e. The molecular formula is C18H15FN4O4. The van der Waals surface area contributed by atoms with Gasteiger partial charge in [-0.3, -0.25) is 19.8 Å². The van der Waals surface area contributed by atoms with Crippen LogP contribution in [0, 0.1) is 22.9 Å². The van der Waals surface area contributed by atoms with Crippen LogP contribution in [0.3, 0.4) is 0 Å². The van der Waals surface area contributed by atoms with Crippen LogP contribution in [0.25, 0.3) is 11.0 Å². The molecule has 0 radical (unpaired) electrons. The molecule has 27 heavy (non-hydrogen) atoms. The molecule has 0 fully saturated rings. The zero-order chi connectivity index (χ0) is 19.1. The summed E-state index contributed by atoms with van der Waals surface area (Å²) in [7, 11) is 0. The van der Waals surface area contributed by atoms with E-state index in [0.29, 0.717) is 18.7 Å². The molecule has 0 amide bonds. The van der Waals surface area contributed by atoms with Gasteiger partial charge in [-0.05, 0) is 13.0 Å². The molecule has 0 unspecified atom stereocenters. The first-order valence-electron chi connectivity index (χ1n) is 8.34. The molecule has 3 aromatic rings. The van der Waals surface area contributed by atoms with Gasteiger partial charge in [-0.2, -0.15) is 0 Å². The number of hydrogen-bond acceptors (Lipinski definition) is 7. The van der Waals surface area contributed by atoms with Crippen molar-refractivity contribution in [3.8, 4) is 0 Å². The van der Waals surface area contributed by atoms with Crippen molar-refractivity contribution in [2.75, 3.05) is 6.54 Å². The molecule has 9 heteroatoms. The fourth-order valence-corrected chi connectivity index (χ4v) is 3.32. The summed E-state index contributed by atoms with van der Waals surface area (Å²) in [6.07, 6.45) is 3.74. The summed E-state index contributed by atoms with van der Waals surface area (Å²) >= 11 is 0. The zero-order valence-corrected chi connectivity index (χ0v) is 14.4. The molecule has 1 aliphatic heterocycles. The van der Waals surface area contributed by atoms with Crippen LogP contribution in [-0.2, 0) is 19.5 Å². The number of nitro benzene ring substituents is 1. The van der Waals surface area contributed by atoms with Crippen LogP contribution in [0.1, 0.15) is 22.6 Å². The number of halogens is 1. The lowest BCUT2D eigenvalue weighted by Gasteiger charge is -2.27. The molecule has 1 aromatic carbocycles. The maximum absolute atomic E-state index is 13.7. The first kappa shape index (κ1) is 17.2.